The van der Waals surface area contributed by atoms with Gasteiger partial charge in [0.05, 0.1) is 18.2 Å². The van der Waals surface area contributed by atoms with E-state index in [1.807, 2.05) is 11.0 Å². The van der Waals surface area contributed by atoms with Gasteiger partial charge in [-0.25, -0.2) is 0 Å². The Kier molecular flexibility index (Phi) is 4.99. The van der Waals surface area contributed by atoms with Gasteiger partial charge in [0.2, 0.25) is 11.8 Å². The van der Waals surface area contributed by atoms with E-state index in [0.717, 1.165) is 25.0 Å². The third kappa shape index (κ3) is 3.91. The van der Waals surface area contributed by atoms with E-state index in [0.29, 0.717) is 18.2 Å². The van der Waals surface area contributed by atoms with Crippen molar-refractivity contribution < 1.29 is 14.0 Å². The zero-order valence-corrected chi connectivity index (χ0v) is 14.5. The fraction of sp³-hybridized carbons (Fsp3) is 0.647. The van der Waals surface area contributed by atoms with Crippen LogP contribution in [0.15, 0.2) is 22.8 Å². The second kappa shape index (κ2) is 6.99. The van der Waals surface area contributed by atoms with Crippen LogP contribution in [-0.2, 0) is 16.1 Å². The van der Waals surface area contributed by atoms with Crippen LogP contribution in [0.2, 0.25) is 0 Å². The number of furan rings is 1. The fourth-order valence-electron chi connectivity index (χ4n) is 2.89. The Morgan fingerprint density at radius 2 is 2.22 bits per heavy atom. The van der Waals surface area contributed by atoms with Gasteiger partial charge in [-0.05, 0) is 37.3 Å². The minimum absolute atomic E-state index is 0.0749. The van der Waals surface area contributed by atoms with E-state index < -0.39 is 0 Å². The first-order valence-electron chi connectivity index (χ1n) is 8.30. The van der Waals surface area contributed by atoms with Gasteiger partial charge < -0.3 is 14.6 Å². The zero-order chi connectivity index (χ0) is 16.4. The number of hydrogen-bond donors (Lipinski definition) is 1. The highest BCUT2D eigenvalue weighted by atomic mass is 32.2. The van der Waals surface area contributed by atoms with E-state index in [9.17, 15) is 9.59 Å². The summed E-state index contributed by atoms with van der Waals surface area (Å²) >= 11 is 1.73. The first-order valence-corrected chi connectivity index (χ1v) is 9.35. The summed E-state index contributed by atoms with van der Waals surface area (Å²) in [7, 11) is 0. The molecule has 1 aromatic rings. The number of carbonyl (C=O) groups excluding carboxylic acids is 2. The van der Waals surface area contributed by atoms with Crippen molar-refractivity contribution in [3.63, 3.8) is 0 Å². The lowest BCUT2D eigenvalue weighted by Crippen LogP contribution is -2.50. The van der Waals surface area contributed by atoms with Crippen LogP contribution in [0.5, 0.6) is 0 Å². The van der Waals surface area contributed by atoms with Crippen molar-refractivity contribution in [2.24, 2.45) is 11.8 Å². The summed E-state index contributed by atoms with van der Waals surface area (Å²) < 4.78 is 5.24. The van der Waals surface area contributed by atoms with E-state index >= 15 is 0 Å². The summed E-state index contributed by atoms with van der Waals surface area (Å²) in [5.41, 5.74) is 0. The lowest BCUT2D eigenvalue weighted by molar-refractivity contribution is -0.141. The number of hydrogen-bond acceptors (Lipinski definition) is 4. The third-order valence-corrected chi connectivity index (χ3v) is 5.58. The van der Waals surface area contributed by atoms with Crippen LogP contribution in [-0.4, -0.2) is 33.9 Å². The van der Waals surface area contributed by atoms with Gasteiger partial charge in [0.15, 0.2) is 0 Å². The minimum atomic E-state index is -0.355. The average Bonchev–Trinajstić information content (AvgIpc) is 3.07. The Morgan fingerprint density at radius 1 is 1.43 bits per heavy atom. The third-order valence-electron chi connectivity index (χ3n) is 4.27. The summed E-state index contributed by atoms with van der Waals surface area (Å²) in [5, 5.41) is 3.03. The molecule has 1 saturated carbocycles. The Labute approximate surface area is 141 Å². The van der Waals surface area contributed by atoms with Crippen LogP contribution >= 0.6 is 11.8 Å². The average molecular weight is 336 g/mol. The molecule has 2 fully saturated rings. The van der Waals surface area contributed by atoms with Gasteiger partial charge in [-0.2, -0.15) is 0 Å². The molecule has 6 heteroatoms. The van der Waals surface area contributed by atoms with Gasteiger partial charge in [0.1, 0.15) is 11.8 Å². The van der Waals surface area contributed by atoms with Crippen molar-refractivity contribution in [1.82, 2.24) is 10.2 Å². The highest BCUT2D eigenvalue weighted by Crippen LogP contribution is 2.39. The summed E-state index contributed by atoms with van der Waals surface area (Å²) in [6.45, 7) is 4.68. The number of nitrogens with zero attached hydrogens (tertiary/aromatic N) is 1. The number of amides is 2. The molecule has 23 heavy (non-hydrogen) atoms. The molecule has 2 amide bonds. The van der Waals surface area contributed by atoms with Crippen LogP contribution in [0.3, 0.4) is 0 Å². The second-order valence-corrected chi connectivity index (χ2v) is 7.96. The number of nitrogens with one attached hydrogen (secondary N) is 1. The Bertz CT molecular complexity index is 554. The maximum Gasteiger partial charge on any atom is 0.244 e. The standard InChI is InChI=1S/C17H24N2O3S/c1-11(2)8-15-19(17(21)12-5-6-12)14(10-23-15)16(20)18-9-13-4-3-7-22-13/h3-4,7,11-12,14-15H,5-6,8-10H2,1-2H3,(H,18,20). The summed E-state index contributed by atoms with van der Waals surface area (Å²) in [5.74, 6) is 2.14. The van der Waals surface area contributed by atoms with Crippen molar-refractivity contribution in [2.75, 3.05) is 5.75 Å². The van der Waals surface area contributed by atoms with Crippen molar-refractivity contribution in [1.29, 1.82) is 0 Å². The lowest BCUT2D eigenvalue weighted by Gasteiger charge is -2.29. The molecule has 1 saturated heterocycles. The molecular weight excluding hydrogens is 312 g/mol. The van der Waals surface area contributed by atoms with Gasteiger partial charge in [-0.1, -0.05) is 13.8 Å². The van der Waals surface area contributed by atoms with Gasteiger partial charge in [0.25, 0.3) is 0 Å². The molecule has 1 aliphatic heterocycles. The predicted molar refractivity (Wildman–Crippen MR) is 89.6 cm³/mol. The van der Waals surface area contributed by atoms with Crippen LogP contribution in [0.25, 0.3) is 0 Å². The monoisotopic (exact) mass is 336 g/mol. The molecule has 3 rings (SSSR count). The highest BCUT2D eigenvalue weighted by Gasteiger charge is 2.45. The quantitative estimate of drug-likeness (QED) is 0.867. The number of carbonyl (C=O) groups is 2. The Balaban J connectivity index is 1.65. The molecule has 126 valence electrons. The SMILES string of the molecule is CC(C)CC1SCC(C(=O)NCc2ccco2)N1C(=O)C1CC1. The lowest BCUT2D eigenvalue weighted by atomic mass is 10.1. The molecule has 2 unspecified atom stereocenters. The van der Waals surface area contributed by atoms with Gasteiger partial charge in [-0.15, -0.1) is 11.8 Å². The highest BCUT2D eigenvalue weighted by molar-refractivity contribution is 8.00. The fourth-order valence-corrected chi connectivity index (χ4v) is 4.54. The van der Waals surface area contributed by atoms with Crippen LogP contribution < -0.4 is 5.32 Å². The smallest absolute Gasteiger partial charge is 0.244 e. The van der Waals surface area contributed by atoms with Gasteiger partial charge in [-0.3, -0.25) is 9.59 Å². The van der Waals surface area contributed by atoms with E-state index in [4.69, 9.17) is 4.42 Å². The molecule has 5 nitrogen and oxygen atoms in total. The topological polar surface area (TPSA) is 62.6 Å². The van der Waals surface area contributed by atoms with Crippen LogP contribution in [0.4, 0.5) is 0 Å². The molecule has 0 aromatic carbocycles. The van der Waals surface area contributed by atoms with Crippen LogP contribution in [0.1, 0.15) is 38.9 Å². The molecule has 1 N–H and O–H groups in total. The zero-order valence-electron chi connectivity index (χ0n) is 13.7. The molecule has 1 aromatic heterocycles. The molecule has 0 radical (unpaired) electrons. The predicted octanol–water partition coefficient (Wildman–Crippen LogP) is 2.62. The first-order chi connectivity index (χ1) is 11.1. The van der Waals surface area contributed by atoms with Gasteiger partial charge >= 0.3 is 0 Å². The molecule has 0 bridgehead atoms. The summed E-state index contributed by atoms with van der Waals surface area (Å²) in [6, 6.07) is 3.28. The maximum atomic E-state index is 12.7. The molecule has 2 atom stereocenters. The first kappa shape index (κ1) is 16.4. The van der Waals surface area contributed by atoms with E-state index in [1.54, 1.807) is 24.1 Å². The normalized spacial score (nSPS) is 24.2. The van der Waals surface area contributed by atoms with Crippen LogP contribution in [0, 0.1) is 11.8 Å². The minimum Gasteiger partial charge on any atom is -0.467 e. The van der Waals surface area contributed by atoms with E-state index in [-0.39, 0.29) is 29.1 Å². The molecular formula is C17H24N2O3S. The van der Waals surface area contributed by atoms with Gasteiger partial charge in [0, 0.05) is 11.7 Å². The largest absolute Gasteiger partial charge is 0.467 e. The molecule has 0 spiro atoms. The summed E-state index contributed by atoms with van der Waals surface area (Å²) in [4.78, 5) is 27.1. The van der Waals surface area contributed by atoms with Crippen molar-refractivity contribution in [3.8, 4) is 0 Å². The van der Waals surface area contributed by atoms with Crippen molar-refractivity contribution >= 4 is 23.6 Å². The van der Waals surface area contributed by atoms with Crippen molar-refractivity contribution in [2.45, 2.75) is 51.1 Å². The van der Waals surface area contributed by atoms with Crippen molar-refractivity contribution in [3.05, 3.63) is 24.2 Å². The molecule has 1 aliphatic carbocycles. The summed E-state index contributed by atoms with van der Waals surface area (Å²) in [6.07, 6.45) is 4.46. The van der Waals surface area contributed by atoms with E-state index in [2.05, 4.69) is 19.2 Å². The number of thioether (sulfide) groups is 1. The Morgan fingerprint density at radius 3 is 2.83 bits per heavy atom. The molecule has 2 aliphatic rings. The second-order valence-electron chi connectivity index (χ2n) is 6.75. The number of rotatable bonds is 6. The maximum absolute atomic E-state index is 12.7. The van der Waals surface area contributed by atoms with E-state index in [1.165, 1.54) is 0 Å². The molecule has 2 heterocycles. The Hall–Kier alpha value is -1.43.